The summed E-state index contributed by atoms with van der Waals surface area (Å²) in [6, 6.07) is 13.4. The van der Waals surface area contributed by atoms with Crippen molar-refractivity contribution in [3.8, 4) is 0 Å². The first kappa shape index (κ1) is 14.7. The fraction of sp³-hybridized carbons (Fsp3) is 0.278. The van der Waals surface area contributed by atoms with Crippen molar-refractivity contribution < 1.29 is 4.79 Å². The molecule has 0 radical (unpaired) electrons. The highest BCUT2D eigenvalue weighted by Gasteiger charge is 2.21. The first-order chi connectivity index (χ1) is 11.8. The summed E-state index contributed by atoms with van der Waals surface area (Å²) in [5.74, 6) is 1.13. The Morgan fingerprint density at radius 1 is 0.917 bits per heavy atom. The zero-order chi connectivity index (χ0) is 16.4. The van der Waals surface area contributed by atoms with E-state index < -0.39 is 0 Å². The molecule has 0 unspecified atom stereocenters. The first-order valence-electron chi connectivity index (χ1n) is 8.21. The number of benzene rings is 1. The number of carbonyl (C=O) groups excluding carboxylic acids is 1. The van der Waals surface area contributed by atoms with E-state index in [1.54, 1.807) is 6.20 Å². The molecule has 3 aromatic rings. The summed E-state index contributed by atoms with van der Waals surface area (Å²) in [4.78, 5) is 21.2. The van der Waals surface area contributed by atoms with Crippen LogP contribution in [0.5, 0.6) is 0 Å². The number of carbonyl (C=O) groups is 1. The summed E-state index contributed by atoms with van der Waals surface area (Å²) < 4.78 is 1.86. The number of fused-ring (bicyclic) bond motifs is 1. The van der Waals surface area contributed by atoms with Gasteiger partial charge >= 0.3 is 0 Å². The molecular formula is C18H19N5O. The summed E-state index contributed by atoms with van der Waals surface area (Å²) in [6.07, 6.45) is 4.50. The Morgan fingerprint density at radius 3 is 2.67 bits per heavy atom. The molecule has 6 nitrogen and oxygen atoms in total. The Labute approximate surface area is 140 Å². The third-order valence-corrected chi connectivity index (χ3v) is 4.40. The quantitative estimate of drug-likeness (QED) is 0.725. The number of aromatic nitrogens is 3. The van der Waals surface area contributed by atoms with Crippen LogP contribution >= 0.6 is 0 Å². The number of anilines is 1. The summed E-state index contributed by atoms with van der Waals surface area (Å²) >= 11 is 0. The van der Waals surface area contributed by atoms with E-state index in [9.17, 15) is 4.79 Å². The van der Waals surface area contributed by atoms with E-state index >= 15 is 0 Å². The van der Waals surface area contributed by atoms with Crippen LogP contribution in [0.1, 0.15) is 16.8 Å². The number of nitrogens with zero attached hydrogens (tertiary/aromatic N) is 5. The molecule has 1 saturated heterocycles. The van der Waals surface area contributed by atoms with Crippen molar-refractivity contribution in [2.45, 2.75) is 6.42 Å². The minimum Gasteiger partial charge on any atom is -0.355 e. The van der Waals surface area contributed by atoms with Gasteiger partial charge in [-0.15, -0.1) is 0 Å². The molecule has 24 heavy (non-hydrogen) atoms. The van der Waals surface area contributed by atoms with Gasteiger partial charge in [-0.3, -0.25) is 4.79 Å². The van der Waals surface area contributed by atoms with Crippen LogP contribution in [0.3, 0.4) is 0 Å². The topological polar surface area (TPSA) is 53.7 Å². The lowest BCUT2D eigenvalue weighted by Crippen LogP contribution is -2.35. The SMILES string of the molecule is O=C(c1ccccc1)N1CCCN(c2ccnc3ccnn23)CC1. The fourth-order valence-corrected chi connectivity index (χ4v) is 3.17. The van der Waals surface area contributed by atoms with E-state index in [1.165, 1.54) is 0 Å². The molecule has 1 aliphatic rings. The lowest BCUT2D eigenvalue weighted by molar-refractivity contribution is 0.0767. The van der Waals surface area contributed by atoms with Gasteiger partial charge in [-0.2, -0.15) is 9.61 Å². The van der Waals surface area contributed by atoms with Gasteiger partial charge in [-0.25, -0.2) is 4.98 Å². The molecule has 6 heteroatoms. The highest BCUT2D eigenvalue weighted by atomic mass is 16.2. The molecule has 1 aliphatic heterocycles. The first-order valence-corrected chi connectivity index (χ1v) is 8.21. The van der Waals surface area contributed by atoms with Crippen molar-refractivity contribution in [1.29, 1.82) is 0 Å². The summed E-state index contributed by atoms with van der Waals surface area (Å²) in [5.41, 5.74) is 1.60. The minimum atomic E-state index is 0.108. The molecule has 4 rings (SSSR count). The van der Waals surface area contributed by atoms with Gasteiger partial charge in [0.15, 0.2) is 5.65 Å². The average molecular weight is 321 g/mol. The van der Waals surface area contributed by atoms with Crippen LogP contribution in [-0.4, -0.2) is 51.6 Å². The number of amides is 1. The Bertz CT molecular complexity index is 845. The summed E-state index contributed by atoms with van der Waals surface area (Å²) in [6.45, 7) is 3.17. The molecule has 3 heterocycles. The predicted molar refractivity (Wildman–Crippen MR) is 92.2 cm³/mol. The van der Waals surface area contributed by atoms with Crippen LogP contribution in [0.4, 0.5) is 5.82 Å². The lowest BCUT2D eigenvalue weighted by atomic mass is 10.2. The number of rotatable bonds is 2. The van der Waals surface area contributed by atoms with Gasteiger partial charge in [0.25, 0.3) is 5.91 Å². The fourth-order valence-electron chi connectivity index (χ4n) is 3.17. The normalized spacial score (nSPS) is 15.5. The van der Waals surface area contributed by atoms with Crippen molar-refractivity contribution >= 4 is 17.4 Å². The van der Waals surface area contributed by atoms with Crippen LogP contribution in [0.15, 0.2) is 54.9 Å². The molecule has 0 N–H and O–H groups in total. The second kappa shape index (κ2) is 6.31. The second-order valence-corrected chi connectivity index (χ2v) is 5.90. The standard InChI is InChI=1S/C18H19N5O/c24-18(15-5-2-1-3-6-15)22-12-4-11-21(13-14-22)17-8-9-19-16-7-10-20-23(16)17/h1-3,5-10H,4,11-14H2. The number of hydrogen-bond donors (Lipinski definition) is 0. The zero-order valence-electron chi connectivity index (χ0n) is 13.4. The van der Waals surface area contributed by atoms with Crippen molar-refractivity contribution in [2.75, 3.05) is 31.1 Å². The molecule has 0 bridgehead atoms. The van der Waals surface area contributed by atoms with E-state index in [2.05, 4.69) is 15.0 Å². The van der Waals surface area contributed by atoms with Crippen LogP contribution in [0.2, 0.25) is 0 Å². The average Bonchev–Trinajstić information content (AvgIpc) is 2.99. The third kappa shape index (κ3) is 2.71. The molecule has 0 saturated carbocycles. The molecule has 0 atom stereocenters. The highest BCUT2D eigenvalue weighted by Crippen LogP contribution is 2.17. The second-order valence-electron chi connectivity index (χ2n) is 5.90. The molecule has 0 spiro atoms. The molecule has 1 aromatic carbocycles. The Kier molecular flexibility index (Phi) is 3.86. The van der Waals surface area contributed by atoms with Crippen LogP contribution in [-0.2, 0) is 0 Å². The Balaban J connectivity index is 1.52. The molecular weight excluding hydrogens is 302 g/mol. The van der Waals surface area contributed by atoms with Crippen molar-refractivity contribution in [2.24, 2.45) is 0 Å². The van der Waals surface area contributed by atoms with Gasteiger partial charge in [-0.05, 0) is 24.6 Å². The van der Waals surface area contributed by atoms with E-state index in [0.717, 1.165) is 43.1 Å². The van der Waals surface area contributed by atoms with Gasteiger partial charge in [0.05, 0.1) is 6.20 Å². The summed E-state index contributed by atoms with van der Waals surface area (Å²) in [7, 11) is 0. The Hall–Kier alpha value is -2.89. The molecule has 1 fully saturated rings. The number of hydrogen-bond acceptors (Lipinski definition) is 4. The predicted octanol–water partition coefficient (Wildman–Crippen LogP) is 2.08. The van der Waals surface area contributed by atoms with Crippen molar-refractivity contribution in [3.05, 3.63) is 60.4 Å². The maximum atomic E-state index is 12.6. The zero-order valence-corrected chi connectivity index (χ0v) is 13.4. The van der Waals surface area contributed by atoms with Crippen molar-refractivity contribution in [1.82, 2.24) is 19.5 Å². The molecule has 122 valence electrons. The van der Waals surface area contributed by atoms with Crippen LogP contribution < -0.4 is 4.90 Å². The van der Waals surface area contributed by atoms with E-state index in [4.69, 9.17) is 0 Å². The van der Waals surface area contributed by atoms with E-state index in [0.29, 0.717) is 6.54 Å². The smallest absolute Gasteiger partial charge is 0.253 e. The van der Waals surface area contributed by atoms with Gasteiger partial charge in [-0.1, -0.05) is 18.2 Å². The van der Waals surface area contributed by atoms with Crippen molar-refractivity contribution in [3.63, 3.8) is 0 Å². The third-order valence-electron chi connectivity index (χ3n) is 4.40. The van der Waals surface area contributed by atoms with Crippen LogP contribution in [0.25, 0.3) is 5.65 Å². The largest absolute Gasteiger partial charge is 0.355 e. The van der Waals surface area contributed by atoms with Crippen LogP contribution in [0, 0.1) is 0 Å². The van der Waals surface area contributed by atoms with Gasteiger partial charge < -0.3 is 9.80 Å². The maximum absolute atomic E-state index is 12.6. The van der Waals surface area contributed by atoms with Gasteiger partial charge in [0.1, 0.15) is 5.82 Å². The maximum Gasteiger partial charge on any atom is 0.253 e. The van der Waals surface area contributed by atoms with Gasteiger partial charge in [0.2, 0.25) is 0 Å². The highest BCUT2D eigenvalue weighted by molar-refractivity contribution is 5.94. The minimum absolute atomic E-state index is 0.108. The lowest BCUT2D eigenvalue weighted by Gasteiger charge is -2.24. The van der Waals surface area contributed by atoms with Gasteiger partial charge in [0, 0.05) is 44.0 Å². The summed E-state index contributed by atoms with van der Waals surface area (Å²) in [5, 5.41) is 4.36. The molecule has 2 aromatic heterocycles. The monoisotopic (exact) mass is 321 g/mol. The van der Waals surface area contributed by atoms with E-state index in [-0.39, 0.29) is 5.91 Å². The molecule has 0 aliphatic carbocycles. The molecule has 1 amide bonds. The Morgan fingerprint density at radius 2 is 1.79 bits per heavy atom. The van der Waals surface area contributed by atoms with E-state index in [1.807, 2.05) is 58.1 Å².